The first kappa shape index (κ1) is 13.7. The molecule has 1 unspecified atom stereocenters. The summed E-state index contributed by atoms with van der Waals surface area (Å²) in [5.74, 6) is 0.570. The number of halogens is 1. The Balaban J connectivity index is 2.22. The van der Waals surface area contributed by atoms with Crippen molar-refractivity contribution >= 4 is 27.5 Å². The first-order chi connectivity index (χ1) is 7.53. The van der Waals surface area contributed by atoms with Crippen molar-refractivity contribution < 1.29 is 13.2 Å². The van der Waals surface area contributed by atoms with Gasteiger partial charge in [0.15, 0.2) is 0 Å². The second-order valence-electron chi connectivity index (χ2n) is 3.87. The molecule has 1 atom stereocenters. The van der Waals surface area contributed by atoms with E-state index in [1.807, 2.05) is 0 Å². The van der Waals surface area contributed by atoms with Crippen molar-refractivity contribution in [1.29, 1.82) is 0 Å². The average molecular weight is 269 g/mol. The monoisotopic (exact) mass is 268 g/mol. The second kappa shape index (κ2) is 6.42. The van der Waals surface area contributed by atoms with E-state index < -0.39 is 10.0 Å². The van der Waals surface area contributed by atoms with Gasteiger partial charge in [0.25, 0.3) is 0 Å². The number of rotatable bonds is 7. The summed E-state index contributed by atoms with van der Waals surface area (Å²) in [5.41, 5.74) is 0. The van der Waals surface area contributed by atoms with E-state index in [0.29, 0.717) is 31.6 Å². The van der Waals surface area contributed by atoms with E-state index in [2.05, 4.69) is 10.0 Å². The molecular weight excluding hydrogens is 252 g/mol. The molecule has 16 heavy (non-hydrogen) atoms. The number of nitrogens with one attached hydrogen (secondary N) is 2. The average Bonchev–Trinajstić information content (AvgIpc) is 2.62. The lowest BCUT2D eigenvalue weighted by Gasteiger charge is -2.11. The van der Waals surface area contributed by atoms with Crippen LogP contribution in [0.2, 0.25) is 0 Å². The van der Waals surface area contributed by atoms with Crippen LogP contribution >= 0.6 is 11.6 Å². The number of carbonyl (C=O) groups excluding carboxylic acids is 1. The van der Waals surface area contributed by atoms with E-state index in [-0.39, 0.29) is 24.2 Å². The summed E-state index contributed by atoms with van der Waals surface area (Å²) in [6, 6.07) is -0.0599. The maximum absolute atomic E-state index is 11.5. The molecule has 0 bridgehead atoms. The van der Waals surface area contributed by atoms with Gasteiger partial charge < -0.3 is 5.32 Å². The highest BCUT2D eigenvalue weighted by Gasteiger charge is 2.22. The first-order valence-electron chi connectivity index (χ1n) is 5.36. The third kappa shape index (κ3) is 5.14. The van der Waals surface area contributed by atoms with Gasteiger partial charge in [-0.15, -0.1) is 11.6 Å². The maximum Gasteiger partial charge on any atom is 0.220 e. The van der Waals surface area contributed by atoms with Crippen LogP contribution in [0.1, 0.15) is 25.7 Å². The Kier molecular flexibility index (Phi) is 5.51. The zero-order valence-corrected chi connectivity index (χ0v) is 10.6. The number of unbranched alkanes of at least 4 members (excludes halogenated alkanes) is 1. The molecule has 1 amide bonds. The number of hydrogen-bond acceptors (Lipinski definition) is 3. The lowest BCUT2D eigenvalue weighted by molar-refractivity contribution is -0.119. The Morgan fingerprint density at radius 1 is 1.44 bits per heavy atom. The molecule has 1 rings (SSSR count). The molecule has 0 aromatic rings. The normalized spacial score (nSPS) is 21.1. The standard InChI is InChI=1S/C9H17ClN2O3S/c10-5-1-2-6-16(14,15)11-7-8-3-4-9(13)12-8/h8,11H,1-7H2,(H,12,13). The Hall–Kier alpha value is -0.330. The van der Waals surface area contributed by atoms with Gasteiger partial charge >= 0.3 is 0 Å². The lowest BCUT2D eigenvalue weighted by Crippen LogP contribution is -2.39. The van der Waals surface area contributed by atoms with Crippen LogP contribution in [0.3, 0.4) is 0 Å². The van der Waals surface area contributed by atoms with Gasteiger partial charge in [-0.05, 0) is 19.3 Å². The molecule has 1 saturated heterocycles. The molecule has 0 spiro atoms. The van der Waals surface area contributed by atoms with Crippen molar-refractivity contribution in [1.82, 2.24) is 10.0 Å². The van der Waals surface area contributed by atoms with Gasteiger partial charge in [0.05, 0.1) is 5.75 Å². The third-order valence-corrected chi connectivity index (χ3v) is 4.13. The summed E-state index contributed by atoms with van der Waals surface area (Å²) < 4.78 is 25.4. The Labute approximate surface area is 101 Å². The molecule has 94 valence electrons. The predicted octanol–water partition coefficient (Wildman–Crippen LogP) is 0.203. The van der Waals surface area contributed by atoms with Crippen molar-refractivity contribution in [2.75, 3.05) is 18.2 Å². The molecule has 1 aliphatic rings. The van der Waals surface area contributed by atoms with Crippen LogP contribution in [-0.2, 0) is 14.8 Å². The predicted molar refractivity (Wildman–Crippen MR) is 62.9 cm³/mol. The van der Waals surface area contributed by atoms with E-state index in [9.17, 15) is 13.2 Å². The summed E-state index contributed by atoms with van der Waals surface area (Å²) in [6.45, 7) is 0.287. The molecule has 7 heteroatoms. The van der Waals surface area contributed by atoms with Crippen LogP contribution in [0, 0.1) is 0 Å². The molecule has 0 aliphatic carbocycles. The smallest absolute Gasteiger partial charge is 0.220 e. The number of carbonyl (C=O) groups is 1. The molecule has 5 nitrogen and oxygen atoms in total. The van der Waals surface area contributed by atoms with Gasteiger partial charge in [-0.3, -0.25) is 4.79 Å². The second-order valence-corrected chi connectivity index (χ2v) is 6.17. The molecule has 1 heterocycles. The third-order valence-electron chi connectivity index (χ3n) is 2.43. The highest BCUT2D eigenvalue weighted by molar-refractivity contribution is 7.89. The Morgan fingerprint density at radius 3 is 2.75 bits per heavy atom. The summed E-state index contributed by atoms with van der Waals surface area (Å²) in [7, 11) is -3.22. The SMILES string of the molecule is O=C1CCC(CNS(=O)(=O)CCCCCl)N1. The minimum atomic E-state index is -3.22. The van der Waals surface area contributed by atoms with E-state index in [0.717, 1.165) is 0 Å². The van der Waals surface area contributed by atoms with Crippen molar-refractivity contribution in [3.05, 3.63) is 0 Å². The number of amides is 1. The van der Waals surface area contributed by atoms with Gasteiger partial charge in [-0.25, -0.2) is 13.1 Å². The van der Waals surface area contributed by atoms with Gasteiger partial charge in [-0.2, -0.15) is 0 Å². The summed E-state index contributed by atoms with van der Waals surface area (Å²) in [5, 5.41) is 2.71. The highest BCUT2D eigenvalue weighted by Crippen LogP contribution is 2.05. The fourth-order valence-corrected chi connectivity index (χ4v) is 2.89. The summed E-state index contributed by atoms with van der Waals surface area (Å²) in [4.78, 5) is 10.9. The van der Waals surface area contributed by atoms with E-state index in [4.69, 9.17) is 11.6 Å². The van der Waals surface area contributed by atoms with Crippen molar-refractivity contribution in [2.45, 2.75) is 31.7 Å². The molecule has 2 N–H and O–H groups in total. The molecule has 1 fully saturated rings. The van der Waals surface area contributed by atoms with Crippen LogP contribution < -0.4 is 10.0 Å². The number of hydrogen-bond donors (Lipinski definition) is 2. The van der Waals surface area contributed by atoms with E-state index in [1.165, 1.54) is 0 Å². The van der Waals surface area contributed by atoms with Crippen LogP contribution in [0.25, 0.3) is 0 Å². The fourth-order valence-electron chi connectivity index (χ4n) is 1.52. The Morgan fingerprint density at radius 2 is 2.19 bits per heavy atom. The van der Waals surface area contributed by atoms with Crippen molar-refractivity contribution in [3.8, 4) is 0 Å². The van der Waals surface area contributed by atoms with E-state index in [1.54, 1.807) is 0 Å². The molecule has 0 saturated carbocycles. The first-order valence-corrected chi connectivity index (χ1v) is 7.55. The van der Waals surface area contributed by atoms with Crippen LogP contribution in [0.5, 0.6) is 0 Å². The van der Waals surface area contributed by atoms with Gasteiger partial charge in [0.2, 0.25) is 15.9 Å². The zero-order chi connectivity index (χ0) is 12.0. The zero-order valence-electron chi connectivity index (χ0n) is 9.04. The van der Waals surface area contributed by atoms with Gasteiger partial charge in [0.1, 0.15) is 0 Å². The van der Waals surface area contributed by atoms with E-state index >= 15 is 0 Å². The lowest BCUT2D eigenvalue weighted by atomic mass is 10.2. The van der Waals surface area contributed by atoms with Gasteiger partial charge in [0, 0.05) is 24.9 Å². The topological polar surface area (TPSA) is 75.3 Å². The number of sulfonamides is 1. The Bertz CT molecular complexity index is 332. The maximum atomic E-state index is 11.5. The van der Waals surface area contributed by atoms with Gasteiger partial charge in [-0.1, -0.05) is 0 Å². The minimum absolute atomic E-state index is 0.00802. The summed E-state index contributed by atoms with van der Waals surface area (Å²) >= 11 is 5.46. The molecular formula is C9H17ClN2O3S. The fraction of sp³-hybridized carbons (Fsp3) is 0.889. The van der Waals surface area contributed by atoms with Crippen LogP contribution in [0.4, 0.5) is 0 Å². The quantitative estimate of drug-likeness (QED) is 0.512. The molecule has 0 radical (unpaired) electrons. The van der Waals surface area contributed by atoms with Crippen molar-refractivity contribution in [2.24, 2.45) is 0 Å². The highest BCUT2D eigenvalue weighted by atomic mass is 35.5. The van der Waals surface area contributed by atoms with Crippen molar-refractivity contribution in [3.63, 3.8) is 0 Å². The van der Waals surface area contributed by atoms with Crippen LogP contribution in [0.15, 0.2) is 0 Å². The largest absolute Gasteiger partial charge is 0.352 e. The summed E-state index contributed by atoms with van der Waals surface area (Å²) in [6.07, 6.45) is 2.44. The molecule has 0 aromatic carbocycles. The molecule has 0 aromatic heterocycles. The van der Waals surface area contributed by atoms with Crippen LogP contribution in [-0.4, -0.2) is 38.5 Å². The number of alkyl halides is 1. The molecule has 1 aliphatic heterocycles. The minimum Gasteiger partial charge on any atom is -0.352 e.